The predicted molar refractivity (Wildman–Crippen MR) is 22.6 cm³/mol. The van der Waals surface area contributed by atoms with Crippen LogP contribution in [-0.4, -0.2) is 37.5 Å². The Kier molecular flexibility index (Phi) is 20.5. The van der Waals surface area contributed by atoms with Crippen LogP contribution >= 0.6 is 0 Å². The van der Waals surface area contributed by atoms with Crippen molar-refractivity contribution in [2.24, 2.45) is 0 Å². The van der Waals surface area contributed by atoms with Crippen molar-refractivity contribution in [1.82, 2.24) is 0 Å². The fraction of sp³-hybridized carbons (Fsp3) is 0. The zero-order valence-corrected chi connectivity index (χ0v) is 13.5. The van der Waals surface area contributed by atoms with Gasteiger partial charge >= 0.3 is 90.1 Å². The first-order chi connectivity index (χ1) is 4.00. The van der Waals surface area contributed by atoms with Gasteiger partial charge in [-0.05, 0) is 0 Å². The van der Waals surface area contributed by atoms with Crippen molar-refractivity contribution in [2.75, 3.05) is 0 Å². The Morgan fingerprint density at radius 2 is 0.917 bits per heavy atom. The van der Waals surface area contributed by atoms with Gasteiger partial charge in [0.15, 0.2) is 0 Å². The van der Waals surface area contributed by atoms with Gasteiger partial charge in [0, 0.05) is 0 Å². The zero-order valence-electron chi connectivity index (χ0n) is 6.36. The standard InChI is InChI=1S/FH3O3Si.FHO3Si.K.Na/c2*1-5(2,3)4;;/h2-4H;2H;;/q;-2;2*+1. The molecule has 0 unspecified atom stereocenters. The molecule has 4 N–H and O–H groups in total. The van der Waals surface area contributed by atoms with Gasteiger partial charge in [-0.1, -0.05) is 0 Å². The molecule has 0 saturated heterocycles. The Bertz CT molecular complexity index is 66.5. The van der Waals surface area contributed by atoms with E-state index in [1.807, 2.05) is 0 Å². The second-order valence-corrected chi connectivity index (χ2v) is 3.17. The zero-order chi connectivity index (χ0) is 9.00. The summed E-state index contributed by atoms with van der Waals surface area (Å²) in [6, 6.07) is 0. The molecule has 0 heterocycles. The van der Waals surface area contributed by atoms with Crippen molar-refractivity contribution in [2.45, 2.75) is 0 Å². The molecule has 0 aromatic heterocycles. The van der Waals surface area contributed by atoms with Crippen LogP contribution < -0.4 is 90.5 Å². The molecule has 0 aromatic rings. The van der Waals surface area contributed by atoms with Crippen LogP contribution in [0.4, 0.5) is 8.22 Å². The van der Waals surface area contributed by atoms with E-state index in [2.05, 4.69) is 0 Å². The average molecular weight is 256 g/mol. The molecule has 0 atom stereocenters. The molecule has 0 saturated carbocycles. The molecule has 6 nitrogen and oxygen atoms in total. The van der Waals surface area contributed by atoms with Gasteiger partial charge in [-0.15, -0.1) is 0 Å². The summed E-state index contributed by atoms with van der Waals surface area (Å²) in [7, 11) is -10.7. The first kappa shape index (κ1) is 24.1. The maximum atomic E-state index is 10.5. The summed E-state index contributed by atoms with van der Waals surface area (Å²) in [6.07, 6.45) is 0. The minimum atomic E-state index is -5.61. The molecular formula is H4F2KNaO6Si2. The number of rotatable bonds is 0. The Hall–Kier alpha value is 2.69. The minimum Gasteiger partial charge on any atom is -0.825 e. The van der Waals surface area contributed by atoms with Crippen molar-refractivity contribution in [3.8, 4) is 0 Å². The molecule has 0 amide bonds. The van der Waals surface area contributed by atoms with E-state index < -0.39 is 18.3 Å². The molecule has 0 spiro atoms. The Labute approximate surface area is 134 Å². The summed E-state index contributed by atoms with van der Waals surface area (Å²) >= 11 is 0. The smallest absolute Gasteiger partial charge is 0.825 e. The van der Waals surface area contributed by atoms with E-state index in [1.54, 1.807) is 0 Å². The molecule has 64 valence electrons. The quantitative estimate of drug-likeness (QED) is 0.252. The second kappa shape index (κ2) is 10.2. The summed E-state index contributed by atoms with van der Waals surface area (Å²) in [5, 5.41) is 0. The van der Waals surface area contributed by atoms with Crippen molar-refractivity contribution in [1.29, 1.82) is 0 Å². The van der Waals surface area contributed by atoms with E-state index in [0.717, 1.165) is 0 Å². The molecule has 0 aromatic carbocycles. The van der Waals surface area contributed by atoms with Crippen molar-refractivity contribution in [3.05, 3.63) is 0 Å². The Morgan fingerprint density at radius 3 is 0.917 bits per heavy atom. The molecule has 0 aliphatic carbocycles. The Morgan fingerprint density at radius 1 is 0.917 bits per heavy atom. The predicted octanol–water partition coefficient (Wildman–Crippen LogP) is -10.5. The van der Waals surface area contributed by atoms with Crippen molar-refractivity contribution >= 4 is 18.3 Å². The number of halogens is 2. The molecule has 12 heteroatoms. The van der Waals surface area contributed by atoms with E-state index in [9.17, 15) is 8.22 Å². The molecule has 12 heavy (non-hydrogen) atoms. The summed E-state index contributed by atoms with van der Waals surface area (Å²) in [5.41, 5.74) is 0. The third kappa shape index (κ3) is 240. The van der Waals surface area contributed by atoms with Gasteiger partial charge in [0.2, 0.25) is 9.14 Å². The molecule has 0 rings (SSSR count). The van der Waals surface area contributed by atoms with E-state index >= 15 is 0 Å². The molecule has 0 bridgehead atoms. The maximum absolute atomic E-state index is 10.5. The van der Waals surface area contributed by atoms with Gasteiger partial charge in [0.25, 0.3) is 0 Å². The van der Waals surface area contributed by atoms with Gasteiger partial charge in [0.1, 0.15) is 0 Å². The van der Waals surface area contributed by atoms with E-state index in [-0.39, 0.29) is 80.9 Å². The van der Waals surface area contributed by atoms with Crippen molar-refractivity contribution < 1.29 is 118 Å². The summed E-state index contributed by atoms with van der Waals surface area (Å²) in [5.74, 6) is 0. The third-order valence-electron chi connectivity index (χ3n) is 0. The van der Waals surface area contributed by atoms with Crippen LogP contribution in [0.2, 0.25) is 0 Å². The molecule has 0 aliphatic rings. The van der Waals surface area contributed by atoms with Gasteiger partial charge in [-0.3, -0.25) is 0 Å². The summed E-state index contributed by atoms with van der Waals surface area (Å²) < 4.78 is 20.8. The van der Waals surface area contributed by atoms with Crippen LogP contribution in [-0.2, 0) is 0 Å². The van der Waals surface area contributed by atoms with Crippen LogP contribution in [0.5, 0.6) is 0 Å². The van der Waals surface area contributed by atoms with Crippen LogP contribution in [0.25, 0.3) is 0 Å². The molecular weight excluding hydrogens is 252 g/mol. The SMILES string of the molecule is O[Si](O)(O)F.[K+].[Na+].[O-][Si]([O-])(O)F. The number of hydrogen-bond acceptors (Lipinski definition) is 6. The fourth-order valence-electron chi connectivity index (χ4n) is 0. The average Bonchev–Trinajstić information content (AvgIpc) is 1.12. The monoisotopic (exact) mass is 256 g/mol. The van der Waals surface area contributed by atoms with Crippen LogP contribution in [0.1, 0.15) is 0 Å². The van der Waals surface area contributed by atoms with Crippen LogP contribution in [0.3, 0.4) is 0 Å². The van der Waals surface area contributed by atoms with Gasteiger partial charge in [-0.2, -0.15) is 0 Å². The minimum absolute atomic E-state index is 0. The summed E-state index contributed by atoms with van der Waals surface area (Å²) in [6.45, 7) is 0. The van der Waals surface area contributed by atoms with Crippen LogP contribution in [0.15, 0.2) is 0 Å². The van der Waals surface area contributed by atoms with Crippen molar-refractivity contribution in [3.63, 3.8) is 0 Å². The third-order valence-corrected chi connectivity index (χ3v) is 0. The van der Waals surface area contributed by atoms with Gasteiger partial charge in [0.05, 0.1) is 0 Å². The van der Waals surface area contributed by atoms with Gasteiger partial charge < -0.3 is 32.9 Å². The van der Waals surface area contributed by atoms with E-state index in [0.29, 0.717) is 0 Å². The largest absolute Gasteiger partial charge is 1.00 e. The Balaban J connectivity index is -0.0000000457. The molecule has 0 aliphatic heterocycles. The fourth-order valence-corrected chi connectivity index (χ4v) is 0. The number of hydrogen-bond donors (Lipinski definition) is 4. The van der Waals surface area contributed by atoms with E-state index in [1.165, 1.54) is 0 Å². The van der Waals surface area contributed by atoms with Crippen LogP contribution in [0, 0.1) is 0 Å². The van der Waals surface area contributed by atoms with Gasteiger partial charge in [-0.25, -0.2) is 4.11 Å². The second-order valence-electron chi connectivity index (χ2n) is 1.06. The maximum Gasteiger partial charge on any atom is 1.00 e. The van der Waals surface area contributed by atoms with E-state index in [4.69, 9.17) is 28.8 Å². The normalized spacial score (nSPS) is 10.0. The first-order valence-electron chi connectivity index (χ1n) is 1.68. The molecule has 0 radical (unpaired) electrons. The topological polar surface area (TPSA) is 127 Å². The molecule has 0 fully saturated rings. The first-order valence-corrected chi connectivity index (χ1v) is 5.04. The summed E-state index contributed by atoms with van der Waals surface area (Å²) in [4.78, 5) is 45.3.